The van der Waals surface area contributed by atoms with Gasteiger partial charge in [0.15, 0.2) is 16.6 Å². The zero-order chi connectivity index (χ0) is 21.0. The van der Waals surface area contributed by atoms with Gasteiger partial charge in [0.1, 0.15) is 5.75 Å². The van der Waals surface area contributed by atoms with E-state index in [1.54, 1.807) is 12.1 Å². The second-order valence-corrected chi connectivity index (χ2v) is 7.64. The van der Waals surface area contributed by atoms with Gasteiger partial charge in [-0.05, 0) is 5.92 Å². The van der Waals surface area contributed by atoms with Crippen molar-refractivity contribution in [3.63, 3.8) is 0 Å². The van der Waals surface area contributed by atoms with E-state index in [1.165, 1.54) is 32.7 Å². The average Bonchev–Trinajstić information content (AvgIpc) is 3.17. The smallest absolute Gasteiger partial charge is 0.261 e. The Morgan fingerprint density at radius 1 is 0.966 bits per heavy atom. The lowest BCUT2D eigenvalue weighted by Crippen LogP contribution is -2.13. The Hall–Kier alpha value is -3.06. The summed E-state index contributed by atoms with van der Waals surface area (Å²) < 4.78 is 16.0. The van der Waals surface area contributed by atoms with Crippen LogP contribution in [0.25, 0.3) is 11.3 Å². The summed E-state index contributed by atoms with van der Waals surface area (Å²) in [5.41, 5.74) is 2.25. The largest absolute Gasteiger partial charge is 0.496 e. The van der Waals surface area contributed by atoms with Crippen LogP contribution in [0.2, 0.25) is 0 Å². The number of ether oxygens (including phenoxy) is 3. The van der Waals surface area contributed by atoms with Crippen molar-refractivity contribution in [2.45, 2.75) is 19.8 Å². The van der Waals surface area contributed by atoms with E-state index in [2.05, 4.69) is 24.1 Å². The topological polar surface area (TPSA) is 69.7 Å². The van der Waals surface area contributed by atoms with Crippen LogP contribution in [-0.2, 0) is 0 Å². The van der Waals surface area contributed by atoms with Crippen molar-refractivity contribution in [2.75, 3.05) is 26.6 Å². The summed E-state index contributed by atoms with van der Waals surface area (Å²) in [5, 5.41) is 3.44. The molecule has 1 N–H and O–H groups in total. The third-order valence-corrected chi connectivity index (χ3v) is 5.67. The van der Waals surface area contributed by atoms with Crippen molar-refractivity contribution in [2.24, 2.45) is 0 Å². The first-order chi connectivity index (χ1) is 14.0. The molecule has 0 spiro atoms. The summed E-state index contributed by atoms with van der Waals surface area (Å²) in [6.45, 7) is 4.23. The zero-order valence-corrected chi connectivity index (χ0v) is 17.9. The summed E-state index contributed by atoms with van der Waals surface area (Å²) >= 11 is 1.48. The molecular weight excluding hydrogens is 388 g/mol. The molecule has 0 radical (unpaired) electrons. The molecule has 6 nitrogen and oxygen atoms in total. The Balaban J connectivity index is 1.96. The van der Waals surface area contributed by atoms with Gasteiger partial charge < -0.3 is 14.2 Å². The standard InChI is InChI=1S/C22H24N2O4S/c1-13(2)20-19(14-9-7-6-8-10-14)23-22(29-20)24-21(25)15-11-17(27-4)18(28-5)12-16(15)26-3/h6-13H,1-5H3,(H,23,24,25). The molecule has 7 heteroatoms. The first kappa shape index (κ1) is 20.7. The SMILES string of the molecule is COc1cc(OC)c(C(=O)Nc2nc(-c3ccccc3)c(C(C)C)s2)cc1OC. The highest BCUT2D eigenvalue weighted by atomic mass is 32.1. The molecule has 0 bridgehead atoms. The molecule has 0 saturated carbocycles. The zero-order valence-electron chi connectivity index (χ0n) is 17.1. The molecule has 0 aliphatic rings. The molecule has 0 aliphatic heterocycles. The predicted octanol–water partition coefficient (Wildman–Crippen LogP) is 5.21. The lowest BCUT2D eigenvalue weighted by Gasteiger charge is -2.13. The van der Waals surface area contributed by atoms with E-state index in [0.29, 0.717) is 27.9 Å². The third-order valence-electron chi connectivity index (χ3n) is 4.40. The molecule has 0 unspecified atom stereocenters. The maximum absolute atomic E-state index is 13.0. The maximum Gasteiger partial charge on any atom is 0.261 e. The van der Waals surface area contributed by atoms with E-state index in [4.69, 9.17) is 14.2 Å². The number of nitrogens with one attached hydrogen (secondary N) is 1. The van der Waals surface area contributed by atoms with Crippen LogP contribution in [0.3, 0.4) is 0 Å². The predicted molar refractivity (Wildman–Crippen MR) is 116 cm³/mol. The number of hydrogen-bond donors (Lipinski definition) is 1. The molecule has 29 heavy (non-hydrogen) atoms. The van der Waals surface area contributed by atoms with Crippen molar-refractivity contribution in [3.8, 4) is 28.5 Å². The highest BCUT2D eigenvalue weighted by Gasteiger charge is 2.21. The number of hydrogen-bond acceptors (Lipinski definition) is 6. The van der Waals surface area contributed by atoms with Crippen LogP contribution in [0.15, 0.2) is 42.5 Å². The monoisotopic (exact) mass is 412 g/mol. The Bertz CT molecular complexity index is 1000. The minimum Gasteiger partial charge on any atom is -0.496 e. The van der Waals surface area contributed by atoms with Crippen molar-refractivity contribution in [3.05, 3.63) is 52.9 Å². The number of amides is 1. The molecule has 3 aromatic rings. The summed E-state index contributed by atoms with van der Waals surface area (Å²) in [6, 6.07) is 13.2. The molecule has 2 aromatic carbocycles. The van der Waals surface area contributed by atoms with Crippen LogP contribution in [0.4, 0.5) is 5.13 Å². The lowest BCUT2D eigenvalue weighted by molar-refractivity contribution is 0.102. The van der Waals surface area contributed by atoms with Gasteiger partial charge >= 0.3 is 0 Å². The number of rotatable bonds is 7. The van der Waals surface area contributed by atoms with Crippen LogP contribution in [0.5, 0.6) is 17.2 Å². The van der Waals surface area contributed by atoms with Crippen LogP contribution >= 0.6 is 11.3 Å². The summed E-state index contributed by atoms with van der Waals surface area (Å²) in [4.78, 5) is 18.8. The molecule has 1 amide bonds. The van der Waals surface area contributed by atoms with E-state index in [9.17, 15) is 4.79 Å². The Kier molecular flexibility index (Phi) is 6.39. The number of methoxy groups -OCH3 is 3. The van der Waals surface area contributed by atoms with Gasteiger partial charge in [0, 0.05) is 22.6 Å². The molecule has 0 fully saturated rings. The van der Waals surface area contributed by atoms with Gasteiger partial charge in [-0.3, -0.25) is 10.1 Å². The lowest BCUT2D eigenvalue weighted by atomic mass is 10.1. The molecule has 3 rings (SSSR count). The minimum absolute atomic E-state index is 0.281. The second-order valence-electron chi connectivity index (χ2n) is 6.61. The minimum atomic E-state index is -0.327. The molecule has 0 atom stereocenters. The average molecular weight is 413 g/mol. The highest BCUT2D eigenvalue weighted by molar-refractivity contribution is 7.16. The third kappa shape index (κ3) is 4.35. The van der Waals surface area contributed by atoms with Gasteiger partial charge in [-0.25, -0.2) is 4.98 Å². The Morgan fingerprint density at radius 3 is 2.17 bits per heavy atom. The van der Waals surface area contributed by atoms with Crippen molar-refractivity contribution in [1.82, 2.24) is 4.98 Å². The Labute approximate surface area is 174 Å². The van der Waals surface area contributed by atoms with E-state index in [-0.39, 0.29) is 11.8 Å². The molecular formula is C22H24N2O4S. The van der Waals surface area contributed by atoms with Gasteiger partial charge in [0.05, 0.1) is 32.6 Å². The number of anilines is 1. The van der Waals surface area contributed by atoms with Crippen LogP contribution in [0, 0.1) is 0 Å². The van der Waals surface area contributed by atoms with Crippen LogP contribution in [0.1, 0.15) is 35.0 Å². The quantitative estimate of drug-likeness (QED) is 0.577. The fourth-order valence-electron chi connectivity index (χ4n) is 2.95. The molecule has 1 heterocycles. The first-order valence-electron chi connectivity index (χ1n) is 9.16. The van der Waals surface area contributed by atoms with Crippen molar-refractivity contribution in [1.29, 1.82) is 0 Å². The summed E-state index contributed by atoms with van der Waals surface area (Å²) in [6.07, 6.45) is 0. The summed E-state index contributed by atoms with van der Waals surface area (Å²) in [7, 11) is 4.56. The van der Waals surface area contributed by atoms with E-state index in [0.717, 1.165) is 16.1 Å². The van der Waals surface area contributed by atoms with Gasteiger partial charge in [-0.15, -0.1) is 11.3 Å². The Morgan fingerprint density at radius 2 is 1.59 bits per heavy atom. The number of carbonyl (C=O) groups excluding carboxylic acids is 1. The normalized spacial score (nSPS) is 10.7. The number of carbonyl (C=O) groups is 1. The van der Waals surface area contributed by atoms with Gasteiger partial charge in [-0.1, -0.05) is 44.2 Å². The van der Waals surface area contributed by atoms with Gasteiger partial charge in [0.2, 0.25) is 0 Å². The number of nitrogens with zero attached hydrogens (tertiary/aromatic N) is 1. The van der Waals surface area contributed by atoms with E-state index >= 15 is 0 Å². The number of thiazole rings is 1. The summed E-state index contributed by atoms with van der Waals surface area (Å²) in [5.74, 6) is 1.29. The molecule has 152 valence electrons. The van der Waals surface area contributed by atoms with Crippen molar-refractivity contribution >= 4 is 22.4 Å². The van der Waals surface area contributed by atoms with Gasteiger partial charge in [0.25, 0.3) is 5.91 Å². The fraction of sp³-hybridized carbons (Fsp3) is 0.273. The van der Waals surface area contributed by atoms with E-state index < -0.39 is 0 Å². The fourth-order valence-corrected chi connectivity index (χ4v) is 3.94. The van der Waals surface area contributed by atoms with Crippen LogP contribution in [-0.4, -0.2) is 32.2 Å². The molecule has 0 saturated heterocycles. The first-order valence-corrected chi connectivity index (χ1v) is 9.97. The van der Waals surface area contributed by atoms with Crippen LogP contribution < -0.4 is 19.5 Å². The number of benzene rings is 2. The second kappa shape index (κ2) is 8.96. The van der Waals surface area contributed by atoms with Gasteiger partial charge in [-0.2, -0.15) is 0 Å². The van der Waals surface area contributed by atoms with Crippen molar-refractivity contribution < 1.29 is 19.0 Å². The highest BCUT2D eigenvalue weighted by Crippen LogP contribution is 2.38. The molecule has 0 aliphatic carbocycles. The molecule has 1 aromatic heterocycles. The van der Waals surface area contributed by atoms with E-state index in [1.807, 2.05) is 30.3 Å². The maximum atomic E-state index is 13.0. The number of aromatic nitrogens is 1.